The van der Waals surface area contributed by atoms with Crippen molar-refractivity contribution in [2.24, 2.45) is 0 Å². The molecule has 1 N–H and O–H groups in total. The molecule has 0 aliphatic carbocycles. The number of methoxy groups -OCH3 is 1. The number of amides is 1. The number of benzene rings is 1. The molecule has 0 spiro atoms. The summed E-state index contributed by atoms with van der Waals surface area (Å²) < 4.78 is 42.9. The first-order chi connectivity index (χ1) is 9.32. The van der Waals surface area contributed by atoms with Crippen molar-refractivity contribution >= 4 is 12.0 Å². The molecule has 0 aromatic heterocycles. The summed E-state index contributed by atoms with van der Waals surface area (Å²) in [6.45, 7) is 1.85. The second kappa shape index (κ2) is 6.98. The van der Waals surface area contributed by atoms with Crippen LogP contribution in [0.25, 0.3) is 6.08 Å². The minimum absolute atomic E-state index is 0.140. The van der Waals surface area contributed by atoms with Crippen molar-refractivity contribution < 1.29 is 22.7 Å². The van der Waals surface area contributed by atoms with Gasteiger partial charge in [-0.1, -0.05) is 12.2 Å². The van der Waals surface area contributed by atoms with E-state index in [1.165, 1.54) is 20.1 Å². The van der Waals surface area contributed by atoms with E-state index in [4.69, 9.17) is 4.74 Å². The van der Waals surface area contributed by atoms with Crippen molar-refractivity contribution in [3.63, 3.8) is 0 Å². The zero-order valence-corrected chi connectivity index (χ0v) is 11.3. The number of halogens is 3. The van der Waals surface area contributed by atoms with Crippen molar-refractivity contribution in [1.29, 1.82) is 0 Å². The van der Waals surface area contributed by atoms with Crippen LogP contribution in [-0.4, -0.2) is 19.6 Å². The van der Waals surface area contributed by atoms with Crippen molar-refractivity contribution in [2.45, 2.75) is 19.5 Å². The van der Waals surface area contributed by atoms with E-state index in [2.05, 4.69) is 5.32 Å². The summed E-state index contributed by atoms with van der Waals surface area (Å²) in [4.78, 5) is 10.6. The zero-order valence-electron chi connectivity index (χ0n) is 11.3. The fourth-order valence-corrected chi connectivity index (χ4v) is 1.55. The van der Waals surface area contributed by atoms with E-state index in [-0.39, 0.29) is 11.7 Å². The van der Waals surface area contributed by atoms with Crippen molar-refractivity contribution in [3.8, 4) is 5.75 Å². The first-order valence-corrected chi connectivity index (χ1v) is 6.00. The number of ether oxygens (including phenoxy) is 1. The summed E-state index contributed by atoms with van der Waals surface area (Å²) in [5.41, 5.74) is -0.349. The van der Waals surface area contributed by atoms with E-state index < -0.39 is 11.7 Å². The molecule has 1 aromatic carbocycles. The van der Waals surface area contributed by atoms with Gasteiger partial charge < -0.3 is 10.1 Å². The molecule has 0 aliphatic rings. The highest BCUT2D eigenvalue weighted by atomic mass is 19.4. The number of carbonyl (C=O) groups is 1. The van der Waals surface area contributed by atoms with Crippen LogP contribution in [0.15, 0.2) is 24.3 Å². The lowest BCUT2D eigenvalue weighted by atomic mass is 10.1. The van der Waals surface area contributed by atoms with Gasteiger partial charge in [0.2, 0.25) is 5.91 Å². The van der Waals surface area contributed by atoms with E-state index in [9.17, 15) is 18.0 Å². The molecule has 3 nitrogen and oxygen atoms in total. The van der Waals surface area contributed by atoms with Crippen LogP contribution in [-0.2, 0) is 11.0 Å². The molecule has 20 heavy (non-hydrogen) atoms. The molecule has 1 aromatic rings. The van der Waals surface area contributed by atoms with Gasteiger partial charge in [0.1, 0.15) is 5.75 Å². The summed E-state index contributed by atoms with van der Waals surface area (Å²) in [7, 11) is 1.32. The molecule has 0 unspecified atom stereocenters. The molecule has 6 heteroatoms. The molecule has 0 saturated carbocycles. The van der Waals surface area contributed by atoms with E-state index in [0.29, 0.717) is 18.5 Å². The number of carbonyl (C=O) groups excluding carboxylic acids is 1. The third-order valence-corrected chi connectivity index (χ3v) is 2.49. The number of alkyl halides is 3. The molecular formula is C14H16F3NO2. The molecule has 110 valence electrons. The Morgan fingerprint density at radius 3 is 2.60 bits per heavy atom. The van der Waals surface area contributed by atoms with Crippen LogP contribution in [0.3, 0.4) is 0 Å². The molecule has 0 atom stereocenters. The number of rotatable bonds is 5. The average molecular weight is 287 g/mol. The highest BCUT2D eigenvalue weighted by Gasteiger charge is 2.31. The highest BCUT2D eigenvalue weighted by molar-refractivity contribution is 5.72. The van der Waals surface area contributed by atoms with Gasteiger partial charge in [-0.05, 0) is 30.2 Å². The maximum absolute atomic E-state index is 12.7. The maximum Gasteiger partial charge on any atom is 0.416 e. The van der Waals surface area contributed by atoms with Crippen LogP contribution in [0.5, 0.6) is 5.75 Å². The molecular weight excluding hydrogens is 271 g/mol. The van der Waals surface area contributed by atoms with Crippen LogP contribution in [0.4, 0.5) is 13.2 Å². The first-order valence-electron chi connectivity index (χ1n) is 6.00. The fraction of sp³-hybridized carbons (Fsp3) is 0.357. The smallest absolute Gasteiger partial charge is 0.416 e. The summed E-state index contributed by atoms with van der Waals surface area (Å²) in [6.07, 6.45) is -0.601. The molecule has 0 heterocycles. The lowest BCUT2D eigenvalue weighted by Crippen LogP contribution is -2.20. The van der Waals surface area contributed by atoms with Gasteiger partial charge in [0.15, 0.2) is 0 Å². The molecule has 0 aliphatic heterocycles. The predicted molar refractivity (Wildman–Crippen MR) is 70.3 cm³/mol. The number of nitrogens with one attached hydrogen (secondary N) is 1. The van der Waals surface area contributed by atoms with Crippen molar-refractivity contribution in [2.75, 3.05) is 13.7 Å². The Kier molecular flexibility index (Phi) is 5.61. The fourth-order valence-electron chi connectivity index (χ4n) is 1.55. The Bertz CT molecular complexity index is 496. The zero-order chi connectivity index (χ0) is 15.2. The highest BCUT2D eigenvalue weighted by Crippen LogP contribution is 2.32. The van der Waals surface area contributed by atoms with Gasteiger partial charge in [-0.15, -0.1) is 0 Å². The maximum atomic E-state index is 12.7. The van der Waals surface area contributed by atoms with Gasteiger partial charge in [-0.2, -0.15) is 13.2 Å². The summed E-state index contributed by atoms with van der Waals surface area (Å²) >= 11 is 0. The van der Waals surface area contributed by atoms with Crippen LogP contribution < -0.4 is 10.1 Å². The summed E-state index contributed by atoms with van der Waals surface area (Å²) in [5, 5.41) is 2.60. The van der Waals surface area contributed by atoms with Gasteiger partial charge in [0.05, 0.1) is 12.7 Å². The SMILES string of the molecule is COc1cc(C=CCCNC(C)=O)cc(C(F)(F)F)c1. The monoisotopic (exact) mass is 287 g/mol. The van der Waals surface area contributed by atoms with Crippen LogP contribution in [0, 0.1) is 0 Å². The Hall–Kier alpha value is -1.98. The van der Waals surface area contributed by atoms with Gasteiger partial charge in [0.25, 0.3) is 0 Å². The predicted octanol–water partition coefficient (Wildman–Crippen LogP) is 3.25. The van der Waals surface area contributed by atoms with Crippen LogP contribution in [0.2, 0.25) is 0 Å². The molecule has 1 amide bonds. The van der Waals surface area contributed by atoms with Crippen LogP contribution >= 0.6 is 0 Å². The van der Waals surface area contributed by atoms with Gasteiger partial charge in [0, 0.05) is 13.5 Å². The standard InChI is InChI=1S/C14H16F3NO2/c1-10(19)18-6-4-3-5-11-7-12(14(15,16)17)9-13(8-11)20-2/h3,5,7-9H,4,6H2,1-2H3,(H,18,19). The topological polar surface area (TPSA) is 38.3 Å². The molecule has 0 radical (unpaired) electrons. The quantitative estimate of drug-likeness (QED) is 0.844. The Balaban J connectivity index is 2.79. The van der Waals surface area contributed by atoms with Crippen molar-refractivity contribution in [3.05, 3.63) is 35.4 Å². The summed E-state index contributed by atoms with van der Waals surface area (Å²) in [6, 6.07) is 3.52. The van der Waals surface area contributed by atoms with Crippen molar-refractivity contribution in [1.82, 2.24) is 5.32 Å². The van der Waals surface area contributed by atoms with E-state index in [1.807, 2.05) is 0 Å². The number of hydrogen-bond acceptors (Lipinski definition) is 2. The third-order valence-electron chi connectivity index (χ3n) is 2.49. The van der Waals surface area contributed by atoms with E-state index in [0.717, 1.165) is 12.1 Å². The summed E-state index contributed by atoms with van der Waals surface area (Å²) in [5.74, 6) is 0.0143. The third kappa shape index (κ3) is 5.34. The Morgan fingerprint density at radius 1 is 1.35 bits per heavy atom. The normalized spacial score (nSPS) is 11.7. The van der Waals surface area contributed by atoms with Gasteiger partial charge in [-0.25, -0.2) is 0 Å². The number of hydrogen-bond donors (Lipinski definition) is 1. The lowest BCUT2D eigenvalue weighted by molar-refractivity contribution is -0.137. The minimum Gasteiger partial charge on any atom is -0.497 e. The average Bonchev–Trinajstić information content (AvgIpc) is 2.36. The first kappa shape index (κ1) is 16.1. The van der Waals surface area contributed by atoms with E-state index in [1.54, 1.807) is 12.2 Å². The Labute approximate surface area is 115 Å². The lowest BCUT2D eigenvalue weighted by Gasteiger charge is -2.10. The molecule has 0 bridgehead atoms. The minimum atomic E-state index is -4.41. The molecule has 0 saturated heterocycles. The van der Waals surface area contributed by atoms with E-state index >= 15 is 0 Å². The Morgan fingerprint density at radius 2 is 2.05 bits per heavy atom. The van der Waals surface area contributed by atoms with Crippen LogP contribution in [0.1, 0.15) is 24.5 Å². The second-order valence-electron chi connectivity index (χ2n) is 4.17. The molecule has 0 fully saturated rings. The second-order valence-corrected chi connectivity index (χ2v) is 4.17. The largest absolute Gasteiger partial charge is 0.497 e. The van der Waals surface area contributed by atoms with Gasteiger partial charge in [-0.3, -0.25) is 4.79 Å². The van der Waals surface area contributed by atoms with Gasteiger partial charge >= 0.3 is 6.18 Å². The molecule has 1 rings (SSSR count).